The molecule has 0 aliphatic carbocycles. The van der Waals surface area contributed by atoms with Crippen molar-refractivity contribution < 1.29 is 4.79 Å². The van der Waals surface area contributed by atoms with Crippen LogP contribution >= 0.6 is 12.4 Å². The number of hydrogen-bond acceptors (Lipinski definition) is 2. The normalized spacial score (nSPS) is 9.88. The molecule has 0 aromatic carbocycles. The Kier molecular flexibility index (Phi) is 8.51. The predicted molar refractivity (Wildman–Crippen MR) is 35.9 cm³/mol. The molecule has 0 atom stereocenters. The summed E-state index contributed by atoms with van der Waals surface area (Å²) in [7, 11) is 0. The van der Waals surface area contributed by atoms with Crippen molar-refractivity contribution >= 4 is 18.7 Å². The third-order valence-corrected chi connectivity index (χ3v) is 0.690. The van der Waals surface area contributed by atoms with Gasteiger partial charge in [0.1, 0.15) is 6.29 Å². The Hall–Kier alpha value is -0.500. The van der Waals surface area contributed by atoms with E-state index in [0.717, 1.165) is 6.42 Å². The van der Waals surface area contributed by atoms with E-state index in [4.69, 9.17) is 5.73 Å². The van der Waals surface area contributed by atoms with E-state index in [1.165, 1.54) is 6.08 Å². The van der Waals surface area contributed by atoms with Gasteiger partial charge in [0.05, 0.1) is 0 Å². The van der Waals surface area contributed by atoms with Gasteiger partial charge in [0.25, 0.3) is 0 Å². The van der Waals surface area contributed by atoms with Crippen LogP contribution in [0.5, 0.6) is 0 Å². The summed E-state index contributed by atoms with van der Waals surface area (Å²) in [6.07, 6.45) is 2.80. The number of allylic oxidation sites excluding steroid dienone is 2. The molecule has 3 heteroatoms. The molecule has 0 aliphatic rings. The molecule has 0 aromatic rings. The third kappa shape index (κ3) is 5.50. The summed E-state index contributed by atoms with van der Waals surface area (Å²) in [5.74, 6) is 0. The first-order valence-electron chi connectivity index (χ1n) is 2.21. The summed E-state index contributed by atoms with van der Waals surface area (Å²) < 4.78 is 0. The van der Waals surface area contributed by atoms with Crippen molar-refractivity contribution in [3.63, 3.8) is 0 Å². The van der Waals surface area contributed by atoms with E-state index in [-0.39, 0.29) is 12.4 Å². The smallest absolute Gasteiger partial charge is 0.144 e. The average molecular weight is 136 g/mol. The highest BCUT2D eigenvalue weighted by molar-refractivity contribution is 5.85. The van der Waals surface area contributed by atoms with Crippen LogP contribution in [0.3, 0.4) is 0 Å². The molecule has 0 rings (SSSR count). The fourth-order valence-corrected chi connectivity index (χ4v) is 0.205. The zero-order valence-electron chi connectivity index (χ0n) is 4.76. The molecule has 2 nitrogen and oxygen atoms in total. The number of nitrogens with two attached hydrogens (primary N) is 1. The monoisotopic (exact) mass is 135 g/mol. The van der Waals surface area contributed by atoms with Crippen molar-refractivity contribution in [1.29, 1.82) is 0 Å². The lowest BCUT2D eigenvalue weighted by Gasteiger charge is -1.85. The largest absolute Gasteiger partial charge is 0.402 e. The molecule has 0 saturated heterocycles. The quantitative estimate of drug-likeness (QED) is 0.451. The SMILES string of the molecule is CCC(N)=CC=O.Cl. The fourth-order valence-electron chi connectivity index (χ4n) is 0.205. The van der Waals surface area contributed by atoms with Crippen molar-refractivity contribution in [2.24, 2.45) is 5.73 Å². The Bertz CT molecular complexity index is 90.4. The van der Waals surface area contributed by atoms with Crippen LogP contribution in [0.25, 0.3) is 0 Å². The van der Waals surface area contributed by atoms with E-state index in [1.54, 1.807) is 0 Å². The van der Waals surface area contributed by atoms with Gasteiger partial charge in [-0.05, 0) is 12.5 Å². The molecule has 0 radical (unpaired) electrons. The molecule has 0 fully saturated rings. The number of aldehydes is 1. The lowest BCUT2D eigenvalue weighted by molar-refractivity contribution is -0.104. The van der Waals surface area contributed by atoms with Gasteiger partial charge in [-0.3, -0.25) is 4.79 Å². The van der Waals surface area contributed by atoms with Gasteiger partial charge in [-0.1, -0.05) is 6.92 Å². The summed E-state index contributed by atoms with van der Waals surface area (Å²) in [5, 5.41) is 0. The maximum Gasteiger partial charge on any atom is 0.144 e. The molecule has 0 heterocycles. The molecule has 0 unspecified atom stereocenters. The Morgan fingerprint density at radius 1 is 1.75 bits per heavy atom. The number of carbonyl (C=O) groups is 1. The van der Waals surface area contributed by atoms with Crippen LogP contribution in [-0.2, 0) is 4.79 Å². The molecule has 0 saturated carbocycles. The van der Waals surface area contributed by atoms with Gasteiger partial charge >= 0.3 is 0 Å². The number of carbonyl (C=O) groups excluding carboxylic acids is 1. The van der Waals surface area contributed by atoms with Crippen molar-refractivity contribution in [2.75, 3.05) is 0 Å². The first-order valence-corrected chi connectivity index (χ1v) is 2.21. The topological polar surface area (TPSA) is 43.1 Å². The van der Waals surface area contributed by atoms with E-state index < -0.39 is 0 Å². The molecule has 0 spiro atoms. The lowest BCUT2D eigenvalue weighted by atomic mass is 10.3. The number of hydrogen-bond donors (Lipinski definition) is 1. The van der Waals surface area contributed by atoms with Crippen LogP contribution < -0.4 is 5.73 Å². The first-order chi connectivity index (χ1) is 3.31. The second kappa shape index (κ2) is 6.50. The van der Waals surface area contributed by atoms with Crippen molar-refractivity contribution in [1.82, 2.24) is 0 Å². The van der Waals surface area contributed by atoms with Gasteiger partial charge in [-0.2, -0.15) is 0 Å². The van der Waals surface area contributed by atoms with Crippen molar-refractivity contribution in [3.8, 4) is 0 Å². The average Bonchev–Trinajstić information content (AvgIpc) is 1.68. The molecule has 0 amide bonds. The van der Waals surface area contributed by atoms with Gasteiger partial charge in [0.2, 0.25) is 0 Å². The van der Waals surface area contributed by atoms with Gasteiger partial charge < -0.3 is 5.73 Å². The molecule has 8 heavy (non-hydrogen) atoms. The highest BCUT2D eigenvalue weighted by atomic mass is 35.5. The Morgan fingerprint density at radius 3 is 2.38 bits per heavy atom. The van der Waals surface area contributed by atoms with Crippen LogP contribution in [0, 0.1) is 0 Å². The predicted octanol–water partition coefficient (Wildman–Crippen LogP) is 0.860. The minimum absolute atomic E-state index is 0. The molecule has 48 valence electrons. The Balaban J connectivity index is 0. The fraction of sp³-hybridized carbons (Fsp3) is 0.400. The van der Waals surface area contributed by atoms with Crippen molar-refractivity contribution in [3.05, 3.63) is 11.8 Å². The van der Waals surface area contributed by atoms with Crippen LogP contribution in [0.1, 0.15) is 13.3 Å². The van der Waals surface area contributed by atoms with E-state index in [0.29, 0.717) is 12.0 Å². The Labute approximate surface area is 55.2 Å². The molecule has 2 N–H and O–H groups in total. The lowest BCUT2D eigenvalue weighted by Crippen LogP contribution is -1.93. The summed E-state index contributed by atoms with van der Waals surface area (Å²) in [6.45, 7) is 1.90. The van der Waals surface area contributed by atoms with Crippen LogP contribution in [-0.4, -0.2) is 6.29 Å². The summed E-state index contributed by atoms with van der Waals surface area (Å²) in [6, 6.07) is 0. The van der Waals surface area contributed by atoms with Crippen LogP contribution in [0.15, 0.2) is 11.8 Å². The summed E-state index contributed by atoms with van der Waals surface area (Å²) >= 11 is 0. The summed E-state index contributed by atoms with van der Waals surface area (Å²) in [5.41, 5.74) is 5.85. The number of halogens is 1. The van der Waals surface area contributed by atoms with Gasteiger partial charge in [-0.25, -0.2) is 0 Å². The molecule has 0 bridgehead atoms. The van der Waals surface area contributed by atoms with E-state index >= 15 is 0 Å². The maximum absolute atomic E-state index is 9.62. The molecular formula is C5H10ClNO. The second-order valence-corrected chi connectivity index (χ2v) is 1.23. The highest BCUT2D eigenvalue weighted by Gasteiger charge is 1.77. The minimum Gasteiger partial charge on any atom is -0.402 e. The van der Waals surface area contributed by atoms with E-state index in [1.807, 2.05) is 6.92 Å². The van der Waals surface area contributed by atoms with Crippen LogP contribution in [0.4, 0.5) is 0 Å². The summed E-state index contributed by atoms with van der Waals surface area (Å²) in [4.78, 5) is 9.62. The van der Waals surface area contributed by atoms with E-state index in [2.05, 4.69) is 0 Å². The van der Waals surface area contributed by atoms with Gasteiger partial charge in [0, 0.05) is 5.70 Å². The standard InChI is InChI=1S/C5H9NO.ClH/c1-2-5(6)3-4-7;/h3-4H,2,6H2,1H3;1H. The molecule has 0 aliphatic heterocycles. The number of rotatable bonds is 2. The van der Waals surface area contributed by atoms with Gasteiger partial charge in [-0.15, -0.1) is 12.4 Å². The van der Waals surface area contributed by atoms with Crippen molar-refractivity contribution in [2.45, 2.75) is 13.3 Å². The maximum atomic E-state index is 9.62. The first kappa shape index (κ1) is 10.5. The molecule has 0 aromatic heterocycles. The Morgan fingerprint density at radius 2 is 2.25 bits per heavy atom. The highest BCUT2D eigenvalue weighted by Crippen LogP contribution is 1.84. The second-order valence-electron chi connectivity index (χ2n) is 1.23. The third-order valence-electron chi connectivity index (χ3n) is 0.690. The molecular weight excluding hydrogens is 126 g/mol. The zero-order chi connectivity index (χ0) is 5.70. The minimum atomic E-state index is 0. The van der Waals surface area contributed by atoms with E-state index in [9.17, 15) is 4.79 Å². The van der Waals surface area contributed by atoms with Crippen LogP contribution in [0.2, 0.25) is 0 Å². The van der Waals surface area contributed by atoms with Gasteiger partial charge in [0.15, 0.2) is 0 Å². The zero-order valence-corrected chi connectivity index (χ0v) is 5.57.